The van der Waals surface area contributed by atoms with Crippen LogP contribution in [0.15, 0.2) is 77.7 Å². The van der Waals surface area contributed by atoms with Crippen molar-refractivity contribution in [2.24, 2.45) is 0 Å². The number of rotatable bonds is 12. The molecule has 0 spiro atoms. The van der Waals surface area contributed by atoms with Crippen molar-refractivity contribution in [3.8, 4) is 5.75 Å². The molecule has 0 bridgehead atoms. The van der Waals surface area contributed by atoms with E-state index < -0.39 is 28.5 Å². The normalized spacial score (nSPS) is 12.1. The van der Waals surface area contributed by atoms with E-state index in [4.69, 9.17) is 16.3 Å². The number of hydrogen-bond donors (Lipinski definition) is 1. The molecule has 0 radical (unpaired) electrons. The smallest absolute Gasteiger partial charge is 0.264 e. The van der Waals surface area contributed by atoms with Crippen LogP contribution >= 0.6 is 11.6 Å². The summed E-state index contributed by atoms with van der Waals surface area (Å²) >= 11 is 6.36. The van der Waals surface area contributed by atoms with E-state index in [1.54, 1.807) is 24.3 Å². The maximum absolute atomic E-state index is 14.1. The number of halogens is 1. The van der Waals surface area contributed by atoms with E-state index >= 15 is 0 Å². The van der Waals surface area contributed by atoms with Crippen molar-refractivity contribution in [1.82, 2.24) is 10.2 Å². The van der Waals surface area contributed by atoms with E-state index in [2.05, 4.69) is 5.32 Å². The fourth-order valence-electron chi connectivity index (χ4n) is 4.25. The number of carbonyl (C=O) groups excluding carboxylic acids is 2. The molecular formula is C30H36ClN3O5S. The Morgan fingerprint density at radius 1 is 1.00 bits per heavy atom. The zero-order valence-electron chi connectivity index (χ0n) is 23.4. The van der Waals surface area contributed by atoms with Gasteiger partial charge in [0.25, 0.3) is 10.0 Å². The number of benzene rings is 3. The number of anilines is 1. The Morgan fingerprint density at radius 2 is 1.65 bits per heavy atom. The van der Waals surface area contributed by atoms with Gasteiger partial charge in [0.05, 0.1) is 22.7 Å². The monoisotopic (exact) mass is 585 g/mol. The van der Waals surface area contributed by atoms with Crippen molar-refractivity contribution in [2.75, 3.05) is 18.0 Å². The van der Waals surface area contributed by atoms with Crippen LogP contribution in [0.3, 0.4) is 0 Å². The lowest BCUT2D eigenvalue weighted by atomic mass is 10.1. The molecule has 3 aromatic carbocycles. The minimum absolute atomic E-state index is 0.0180. The highest BCUT2D eigenvalue weighted by Gasteiger charge is 2.34. The van der Waals surface area contributed by atoms with E-state index in [-0.39, 0.29) is 34.1 Å². The fraction of sp³-hybridized carbons (Fsp3) is 0.333. The Balaban J connectivity index is 2.08. The van der Waals surface area contributed by atoms with Gasteiger partial charge in [0, 0.05) is 12.6 Å². The van der Waals surface area contributed by atoms with Gasteiger partial charge in [-0.1, -0.05) is 66.6 Å². The molecule has 0 saturated carbocycles. The number of carbonyl (C=O) groups is 2. The lowest BCUT2D eigenvalue weighted by Crippen LogP contribution is -2.53. The van der Waals surface area contributed by atoms with Gasteiger partial charge in [0.15, 0.2) is 0 Å². The highest BCUT2D eigenvalue weighted by molar-refractivity contribution is 7.92. The standard InChI is InChI=1S/C30H36ClN3O5S/c1-6-27(30(36)32-21(2)3)33(19-23-14-12-22(4)13-15-23)29(35)20-34(24-16-17-28(39-5)26(31)18-24)40(37,38)25-10-8-7-9-11-25/h7-18,21,27H,6,19-20H2,1-5H3,(H,32,36)/t27-/m1/s1. The fourth-order valence-corrected chi connectivity index (χ4v) is 5.93. The molecule has 0 fully saturated rings. The maximum atomic E-state index is 14.1. The van der Waals surface area contributed by atoms with Gasteiger partial charge < -0.3 is 15.0 Å². The summed E-state index contributed by atoms with van der Waals surface area (Å²) in [6.07, 6.45) is 0.343. The molecule has 40 heavy (non-hydrogen) atoms. The molecule has 0 aliphatic heterocycles. The molecule has 8 nitrogen and oxygen atoms in total. The second-order valence-electron chi connectivity index (χ2n) is 9.74. The van der Waals surface area contributed by atoms with Crippen molar-refractivity contribution >= 4 is 39.1 Å². The van der Waals surface area contributed by atoms with E-state index in [9.17, 15) is 18.0 Å². The molecule has 0 aromatic heterocycles. The van der Waals surface area contributed by atoms with Gasteiger partial charge in [-0.25, -0.2) is 8.42 Å². The molecule has 0 unspecified atom stereocenters. The van der Waals surface area contributed by atoms with E-state index in [1.165, 1.54) is 36.3 Å². The van der Waals surface area contributed by atoms with Crippen LogP contribution in [-0.2, 0) is 26.2 Å². The van der Waals surface area contributed by atoms with Crippen LogP contribution in [0.1, 0.15) is 38.3 Å². The molecule has 1 N–H and O–H groups in total. The molecule has 2 amide bonds. The molecule has 0 aliphatic carbocycles. The van der Waals surface area contributed by atoms with Crippen LogP contribution in [0, 0.1) is 6.92 Å². The molecule has 1 atom stereocenters. The van der Waals surface area contributed by atoms with Gasteiger partial charge in [-0.05, 0) is 63.1 Å². The average Bonchev–Trinajstić information content (AvgIpc) is 2.92. The number of hydrogen-bond acceptors (Lipinski definition) is 5. The Morgan fingerprint density at radius 3 is 2.20 bits per heavy atom. The topological polar surface area (TPSA) is 96.0 Å². The molecule has 214 valence electrons. The molecular weight excluding hydrogens is 550 g/mol. The van der Waals surface area contributed by atoms with Gasteiger partial charge in [-0.15, -0.1) is 0 Å². The predicted molar refractivity (Wildman–Crippen MR) is 158 cm³/mol. The number of amides is 2. The van der Waals surface area contributed by atoms with E-state index in [1.807, 2.05) is 52.0 Å². The molecule has 10 heteroatoms. The van der Waals surface area contributed by atoms with Crippen LogP contribution in [0.25, 0.3) is 0 Å². The molecule has 0 saturated heterocycles. The quantitative estimate of drug-likeness (QED) is 0.316. The van der Waals surface area contributed by atoms with Crippen LogP contribution < -0.4 is 14.4 Å². The Kier molecular flexibility index (Phi) is 10.6. The molecule has 3 rings (SSSR count). The van der Waals surface area contributed by atoms with Gasteiger partial charge in [0.1, 0.15) is 18.3 Å². The summed E-state index contributed by atoms with van der Waals surface area (Å²) in [5.41, 5.74) is 2.07. The van der Waals surface area contributed by atoms with Crippen molar-refractivity contribution in [3.05, 3.63) is 88.9 Å². The number of aryl methyl sites for hydroxylation is 1. The Hall–Kier alpha value is -3.56. The zero-order chi connectivity index (χ0) is 29.4. The second-order valence-corrected chi connectivity index (χ2v) is 12.0. The third-order valence-electron chi connectivity index (χ3n) is 6.32. The summed E-state index contributed by atoms with van der Waals surface area (Å²) < 4.78 is 34.0. The summed E-state index contributed by atoms with van der Waals surface area (Å²) in [7, 11) is -2.73. The predicted octanol–water partition coefficient (Wildman–Crippen LogP) is 5.18. The summed E-state index contributed by atoms with van der Waals surface area (Å²) in [5.74, 6) is -0.466. The van der Waals surface area contributed by atoms with Crippen molar-refractivity contribution in [3.63, 3.8) is 0 Å². The Labute approximate surface area is 241 Å². The third kappa shape index (κ3) is 7.55. The highest BCUT2D eigenvalue weighted by Crippen LogP contribution is 2.32. The van der Waals surface area contributed by atoms with Gasteiger partial charge in [-0.3, -0.25) is 13.9 Å². The molecule has 3 aromatic rings. The molecule has 0 aliphatic rings. The minimum Gasteiger partial charge on any atom is -0.495 e. The first-order valence-electron chi connectivity index (χ1n) is 13.0. The van der Waals surface area contributed by atoms with Crippen LogP contribution in [-0.4, -0.2) is 50.9 Å². The van der Waals surface area contributed by atoms with Crippen molar-refractivity contribution < 1.29 is 22.7 Å². The van der Waals surface area contributed by atoms with Gasteiger partial charge >= 0.3 is 0 Å². The van der Waals surface area contributed by atoms with Crippen LogP contribution in [0.2, 0.25) is 5.02 Å². The van der Waals surface area contributed by atoms with Crippen molar-refractivity contribution in [1.29, 1.82) is 0 Å². The second kappa shape index (κ2) is 13.7. The SMILES string of the molecule is CC[C@H](C(=O)NC(C)C)N(Cc1ccc(C)cc1)C(=O)CN(c1ccc(OC)c(Cl)c1)S(=O)(=O)c1ccccc1. The largest absolute Gasteiger partial charge is 0.495 e. The number of ether oxygens (including phenoxy) is 1. The first kappa shape index (κ1) is 31.0. The zero-order valence-corrected chi connectivity index (χ0v) is 25.0. The number of methoxy groups -OCH3 is 1. The summed E-state index contributed by atoms with van der Waals surface area (Å²) in [4.78, 5) is 28.7. The number of sulfonamides is 1. The lowest BCUT2D eigenvalue weighted by Gasteiger charge is -2.33. The number of nitrogens with zero attached hydrogens (tertiary/aromatic N) is 2. The minimum atomic E-state index is -4.18. The van der Waals surface area contributed by atoms with Crippen LogP contribution in [0.4, 0.5) is 5.69 Å². The Bertz CT molecular complexity index is 1410. The van der Waals surface area contributed by atoms with Gasteiger partial charge in [0.2, 0.25) is 11.8 Å². The summed E-state index contributed by atoms with van der Waals surface area (Å²) in [6, 6.07) is 19.1. The average molecular weight is 586 g/mol. The van der Waals surface area contributed by atoms with Gasteiger partial charge in [-0.2, -0.15) is 0 Å². The van der Waals surface area contributed by atoms with Crippen LogP contribution in [0.5, 0.6) is 5.75 Å². The van der Waals surface area contributed by atoms with Crippen molar-refractivity contribution in [2.45, 2.75) is 57.6 Å². The van der Waals surface area contributed by atoms with E-state index in [0.29, 0.717) is 12.2 Å². The first-order valence-corrected chi connectivity index (χ1v) is 14.9. The first-order chi connectivity index (χ1) is 19.0. The third-order valence-corrected chi connectivity index (χ3v) is 8.41. The summed E-state index contributed by atoms with van der Waals surface area (Å²) in [5, 5.41) is 3.08. The van der Waals surface area contributed by atoms with E-state index in [0.717, 1.165) is 15.4 Å². The molecule has 0 heterocycles. The number of nitrogens with one attached hydrogen (secondary N) is 1. The highest BCUT2D eigenvalue weighted by atomic mass is 35.5. The lowest BCUT2D eigenvalue weighted by molar-refractivity contribution is -0.140. The summed E-state index contributed by atoms with van der Waals surface area (Å²) in [6.45, 7) is 7.06. The maximum Gasteiger partial charge on any atom is 0.264 e.